The molecule has 0 fully saturated rings. The Kier molecular flexibility index (Phi) is 5.21. The van der Waals surface area contributed by atoms with E-state index >= 15 is 0 Å². The molecule has 3 aromatic rings. The lowest BCUT2D eigenvalue weighted by Crippen LogP contribution is -2.34. The number of rotatable bonds is 5. The predicted octanol–water partition coefficient (Wildman–Crippen LogP) is 5.03. The molecule has 3 nitrogen and oxygen atoms in total. The molecular formula is C19H18BrNO2S. The quantitative estimate of drug-likeness (QED) is 0.648. The van der Waals surface area contributed by atoms with E-state index in [4.69, 9.17) is 4.74 Å². The molecule has 0 aliphatic rings. The van der Waals surface area contributed by atoms with Crippen molar-refractivity contribution in [3.05, 3.63) is 63.4 Å². The molecule has 3 rings (SSSR count). The number of halogens is 1. The van der Waals surface area contributed by atoms with Crippen LogP contribution in [0.15, 0.2) is 52.3 Å². The summed E-state index contributed by atoms with van der Waals surface area (Å²) < 4.78 is 7.24. The third-order valence-electron chi connectivity index (χ3n) is 3.88. The van der Waals surface area contributed by atoms with Crippen LogP contribution in [0.25, 0.3) is 10.1 Å². The first-order chi connectivity index (χ1) is 11.6. The van der Waals surface area contributed by atoms with E-state index in [1.54, 1.807) is 24.5 Å². The zero-order valence-corrected chi connectivity index (χ0v) is 15.9. The van der Waals surface area contributed by atoms with Crippen LogP contribution in [-0.4, -0.2) is 19.1 Å². The maximum atomic E-state index is 12.5. The van der Waals surface area contributed by atoms with Gasteiger partial charge in [0.1, 0.15) is 5.75 Å². The Labute approximate surface area is 153 Å². The first-order valence-electron chi connectivity index (χ1n) is 7.68. The van der Waals surface area contributed by atoms with Crippen molar-refractivity contribution in [2.45, 2.75) is 19.4 Å². The van der Waals surface area contributed by atoms with Gasteiger partial charge in [0.25, 0.3) is 5.91 Å². The van der Waals surface area contributed by atoms with Crippen molar-refractivity contribution in [2.24, 2.45) is 0 Å². The highest BCUT2D eigenvalue weighted by Crippen LogP contribution is 2.27. The molecule has 24 heavy (non-hydrogen) atoms. The van der Waals surface area contributed by atoms with E-state index in [0.29, 0.717) is 11.3 Å². The smallest absolute Gasteiger partial charge is 0.252 e. The lowest BCUT2D eigenvalue weighted by molar-refractivity contribution is 0.0939. The molecule has 1 atom stereocenters. The zero-order chi connectivity index (χ0) is 17.1. The van der Waals surface area contributed by atoms with Crippen molar-refractivity contribution < 1.29 is 9.53 Å². The van der Waals surface area contributed by atoms with Gasteiger partial charge in [0.15, 0.2) is 0 Å². The topological polar surface area (TPSA) is 38.3 Å². The van der Waals surface area contributed by atoms with Gasteiger partial charge >= 0.3 is 0 Å². The maximum absolute atomic E-state index is 12.5. The van der Waals surface area contributed by atoms with Crippen LogP contribution in [0.4, 0.5) is 0 Å². The average Bonchev–Trinajstić information content (AvgIpc) is 2.98. The number of benzene rings is 2. The van der Waals surface area contributed by atoms with Crippen molar-refractivity contribution in [2.75, 3.05) is 7.11 Å². The van der Waals surface area contributed by atoms with E-state index in [0.717, 1.165) is 10.9 Å². The number of carbonyl (C=O) groups is 1. The van der Waals surface area contributed by atoms with E-state index in [2.05, 4.69) is 44.8 Å². The Morgan fingerprint density at radius 3 is 2.88 bits per heavy atom. The number of amides is 1. The largest absolute Gasteiger partial charge is 0.497 e. The van der Waals surface area contributed by atoms with Crippen LogP contribution in [0.5, 0.6) is 5.75 Å². The average molecular weight is 404 g/mol. The van der Waals surface area contributed by atoms with Gasteiger partial charge in [-0.2, -0.15) is 0 Å². The summed E-state index contributed by atoms with van der Waals surface area (Å²) >= 11 is 5.17. The number of hydrogen-bond acceptors (Lipinski definition) is 3. The Hall–Kier alpha value is -1.85. The van der Waals surface area contributed by atoms with Crippen LogP contribution in [-0.2, 0) is 6.42 Å². The van der Waals surface area contributed by atoms with Gasteiger partial charge < -0.3 is 10.1 Å². The lowest BCUT2D eigenvalue weighted by atomic mass is 10.1. The fourth-order valence-corrected chi connectivity index (χ4v) is 4.08. The number of methoxy groups -OCH3 is 1. The van der Waals surface area contributed by atoms with Crippen molar-refractivity contribution in [3.8, 4) is 5.75 Å². The molecule has 0 saturated heterocycles. The Morgan fingerprint density at radius 1 is 1.29 bits per heavy atom. The first-order valence-corrected chi connectivity index (χ1v) is 9.35. The standard InChI is InChI=1S/C19H18BrNO2S/c1-12(9-13-11-24-18-6-4-3-5-15(13)18)21-19(22)16-10-14(23-2)7-8-17(16)20/h3-8,10-12H,9H2,1-2H3,(H,21,22). The summed E-state index contributed by atoms with van der Waals surface area (Å²) in [4.78, 5) is 12.5. The molecule has 0 saturated carbocycles. The second kappa shape index (κ2) is 7.36. The van der Waals surface area contributed by atoms with Crippen LogP contribution in [0.2, 0.25) is 0 Å². The fraction of sp³-hybridized carbons (Fsp3) is 0.211. The molecule has 1 amide bonds. The number of hydrogen-bond donors (Lipinski definition) is 1. The SMILES string of the molecule is COc1ccc(Br)c(C(=O)NC(C)Cc2csc3ccccc23)c1. The van der Waals surface area contributed by atoms with Gasteiger partial charge in [0.05, 0.1) is 12.7 Å². The molecule has 1 N–H and O–H groups in total. The number of ether oxygens (including phenoxy) is 1. The minimum Gasteiger partial charge on any atom is -0.497 e. The molecule has 1 aromatic heterocycles. The predicted molar refractivity (Wildman–Crippen MR) is 103 cm³/mol. The van der Waals surface area contributed by atoms with Crippen LogP contribution in [0.1, 0.15) is 22.8 Å². The summed E-state index contributed by atoms with van der Waals surface area (Å²) in [5, 5.41) is 6.52. The highest BCUT2D eigenvalue weighted by atomic mass is 79.9. The van der Waals surface area contributed by atoms with Crippen LogP contribution >= 0.6 is 27.3 Å². The zero-order valence-electron chi connectivity index (χ0n) is 13.5. The molecule has 2 aromatic carbocycles. The van der Waals surface area contributed by atoms with Gasteiger partial charge in [-0.15, -0.1) is 11.3 Å². The molecule has 0 aliphatic carbocycles. The summed E-state index contributed by atoms with van der Waals surface area (Å²) in [6.45, 7) is 2.03. The summed E-state index contributed by atoms with van der Waals surface area (Å²) in [5.74, 6) is 0.563. The second-order valence-corrected chi connectivity index (χ2v) is 7.45. The summed E-state index contributed by atoms with van der Waals surface area (Å²) in [6.07, 6.45) is 0.803. The third kappa shape index (κ3) is 3.62. The molecule has 0 spiro atoms. The summed E-state index contributed by atoms with van der Waals surface area (Å²) in [5.41, 5.74) is 1.85. The molecule has 0 aliphatic heterocycles. The van der Waals surface area contributed by atoms with Gasteiger partial charge in [-0.1, -0.05) is 18.2 Å². The van der Waals surface area contributed by atoms with Gasteiger partial charge in [0.2, 0.25) is 0 Å². The van der Waals surface area contributed by atoms with E-state index in [1.807, 2.05) is 25.1 Å². The molecule has 1 heterocycles. The Balaban J connectivity index is 1.72. The van der Waals surface area contributed by atoms with E-state index < -0.39 is 0 Å². The van der Waals surface area contributed by atoms with Gasteiger partial charge in [0, 0.05) is 15.2 Å². The van der Waals surface area contributed by atoms with Crippen molar-refractivity contribution in [1.29, 1.82) is 0 Å². The van der Waals surface area contributed by atoms with Crippen molar-refractivity contribution >= 4 is 43.3 Å². The molecule has 124 valence electrons. The number of fused-ring (bicyclic) bond motifs is 1. The fourth-order valence-electron chi connectivity index (χ4n) is 2.68. The third-order valence-corrected chi connectivity index (χ3v) is 5.59. The highest BCUT2D eigenvalue weighted by Gasteiger charge is 2.15. The van der Waals surface area contributed by atoms with Crippen LogP contribution < -0.4 is 10.1 Å². The molecule has 0 bridgehead atoms. The second-order valence-electron chi connectivity index (χ2n) is 5.68. The number of nitrogens with one attached hydrogen (secondary N) is 1. The van der Waals surface area contributed by atoms with Crippen molar-refractivity contribution in [1.82, 2.24) is 5.32 Å². The van der Waals surface area contributed by atoms with E-state index in [-0.39, 0.29) is 11.9 Å². The number of carbonyl (C=O) groups excluding carboxylic acids is 1. The first kappa shape index (κ1) is 17.0. The Bertz CT molecular complexity index is 875. The van der Waals surface area contributed by atoms with Gasteiger partial charge in [-0.3, -0.25) is 4.79 Å². The van der Waals surface area contributed by atoms with Gasteiger partial charge in [-0.05, 0) is 69.9 Å². The number of thiophene rings is 1. The summed E-state index contributed by atoms with van der Waals surface area (Å²) in [6, 6.07) is 13.8. The normalized spacial score (nSPS) is 12.1. The molecule has 5 heteroatoms. The van der Waals surface area contributed by atoms with Gasteiger partial charge in [-0.25, -0.2) is 0 Å². The van der Waals surface area contributed by atoms with E-state index in [1.165, 1.54) is 15.6 Å². The molecule has 1 unspecified atom stereocenters. The molecular weight excluding hydrogens is 386 g/mol. The minimum atomic E-state index is -0.104. The van der Waals surface area contributed by atoms with Crippen LogP contribution in [0, 0.1) is 0 Å². The van der Waals surface area contributed by atoms with E-state index in [9.17, 15) is 4.79 Å². The minimum absolute atomic E-state index is 0.0357. The highest BCUT2D eigenvalue weighted by molar-refractivity contribution is 9.10. The monoisotopic (exact) mass is 403 g/mol. The lowest BCUT2D eigenvalue weighted by Gasteiger charge is -2.15. The van der Waals surface area contributed by atoms with Crippen molar-refractivity contribution in [3.63, 3.8) is 0 Å². The van der Waals surface area contributed by atoms with Crippen LogP contribution in [0.3, 0.4) is 0 Å². The maximum Gasteiger partial charge on any atom is 0.252 e. The summed E-state index contributed by atoms with van der Waals surface area (Å²) in [7, 11) is 1.59. The molecule has 0 radical (unpaired) electrons. The Morgan fingerprint density at radius 2 is 2.08 bits per heavy atom.